The minimum absolute atomic E-state index is 0.145. The summed E-state index contributed by atoms with van der Waals surface area (Å²) < 4.78 is 0. The number of carbonyl (C=O) groups is 1. The zero-order valence-electron chi connectivity index (χ0n) is 12.4. The molecule has 0 saturated heterocycles. The van der Waals surface area contributed by atoms with E-state index in [1.54, 1.807) is 6.07 Å². The lowest BCUT2D eigenvalue weighted by molar-refractivity contribution is 0.0535. The summed E-state index contributed by atoms with van der Waals surface area (Å²) in [4.78, 5) is 15.2. The van der Waals surface area contributed by atoms with Crippen LogP contribution >= 0.6 is 11.6 Å². The molecule has 3 heteroatoms. The van der Waals surface area contributed by atoms with Gasteiger partial charge in [-0.2, -0.15) is 0 Å². The summed E-state index contributed by atoms with van der Waals surface area (Å²) in [7, 11) is 0. The average molecular weight is 282 g/mol. The fraction of sp³-hybridized carbons (Fsp3) is 0.562. The molecule has 0 saturated carbocycles. The van der Waals surface area contributed by atoms with Crippen molar-refractivity contribution in [3.8, 4) is 0 Å². The highest BCUT2D eigenvalue weighted by atomic mass is 35.5. The van der Waals surface area contributed by atoms with Gasteiger partial charge >= 0.3 is 0 Å². The van der Waals surface area contributed by atoms with Crippen LogP contribution in [-0.4, -0.2) is 29.3 Å². The van der Waals surface area contributed by atoms with Gasteiger partial charge < -0.3 is 0 Å². The standard InChI is InChI=1S/C16H24ClNO/c1-5-16(6-2,18(7-3)8-4)15(19)13-11-9-10-12-14(13)17/h9-12H,5-8H2,1-4H3. The highest BCUT2D eigenvalue weighted by Crippen LogP contribution is 2.31. The SMILES string of the molecule is CCN(CC)C(CC)(CC)C(=O)c1ccccc1Cl. The molecule has 0 fully saturated rings. The summed E-state index contributed by atoms with van der Waals surface area (Å²) in [6.07, 6.45) is 1.60. The largest absolute Gasteiger partial charge is 0.292 e. The minimum Gasteiger partial charge on any atom is -0.292 e. The van der Waals surface area contributed by atoms with Gasteiger partial charge in [0.15, 0.2) is 5.78 Å². The van der Waals surface area contributed by atoms with E-state index in [9.17, 15) is 4.79 Å². The quantitative estimate of drug-likeness (QED) is 0.690. The predicted octanol–water partition coefficient (Wildman–Crippen LogP) is 4.42. The Labute approximate surface area is 121 Å². The lowest BCUT2D eigenvalue weighted by Crippen LogP contribution is -2.53. The van der Waals surface area contributed by atoms with Crippen LogP contribution < -0.4 is 0 Å². The van der Waals surface area contributed by atoms with E-state index >= 15 is 0 Å². The van der Waals surface area contributed by atoms with Crippen LogP contribution in [0, 0.1) is 0 Å². The van der Waals surface area contributed by atoms with Gasteiger partial charge in [0.2, 0.25) is 0 Å². The fourth-order valence-electron chi connectivity index (χ4n) is 2.89. The Morgan fingerprint density at radius 3 is 2.05 bits per heavy atom. The van der Waals surface area contributed by atoms with E-state index in [1.165, 1.54) is 0 Å². The zero-order valence-corrected chi connectivity index (χ0v) is 13.1. The molecule has 1 aromatic carbocycles. The molecule has 0 amide bonds. The third kappa shape index (κ3) is 3.01. The number of carbonyl (C=O) groups excluding carboxylic acids is 1. The Bertz CT molecular complexity index is 423. The van der Waals surface area contributed by atoms with Crippen LogP contribution in [-0.2, 0) is 0 Å². The topological polar surface area (TPSA) is 20.3 Å². The maximum atomic E-state index is 13.0. The number of Topliss-reactive ketones (excluding diaryl/α,β-unsaturated/α-hetero) is 1. The van der Waals surface area contributed by atoms with Crippen LogP contribution in [0.2, 0.25) is 5.02 Å². The third-order valence-corrected chi connectivity index (χ3v) is 4.41. The first-order valence-corrected chi connectivity index (χ1v) is 7.49. The van der Waals surface area contributed by atoms with E-state index in [0.29, 0.717) is 10.6 Å². The Morgan fingerprint density at radius 1 is 1.11 bits per heavy atom. The number of ketones is 1. The first kappa shape index (κ1) is 16.2. The monoisotopic (exact) mass is 281 g/mol. The number of halogens is 1. The molecule has 0 heterocycles. The summed E-state index contributed by atoms with van der Waals surface area (Å²) in [6.45, 7) is 10.1. The maximum Gasteiger partial charge on any atom is 0.184 e. The molecule has 0 aliphatic carbocycles. The third-order valence-electron chi connectivity index (χ3n) is 4.08. The number of benzene rings is 1. The molecule has 0 spiro atoms. The molecule has 106 valence electrons. The number of nitrogens with zero attached hydrogens (tertiary/aromatic N) is 1. The van der Waals surface area contributed by atoms with Crippen LogP contribution in [0.25, 0.3) is 0 Å². The Morgan fingerprint density at radius 2 is 1.63 bits per heavy atom. The van der Waals surface area contributed by atoms with Crippen LogP contribution in [0.3, 0.4) is 0 Å². The normalized spacial score (nSPS) is 11.9. The first-order valence-electron chi connectivity index (χ1n) is 7.11. The first-order chi connectivity index (χ1) is 9.07. The van der Waals surface area contributed by atoms with Gasteiger partial charge in [-0.05, 0) is 38.1 Å². The number of hydrogen-bond donors (Lipinski definition) is 0. The molecule has 0 N–H and O–H groups in total. The fourth-order valence-corrected chi connectivity index (χ4v) is 3.11. The molecule has 0 aliphatic heterocycles. The van der Waals surface area contributed by atoms with Crippen molar-refractivity contribution in [2.45, 2.75) is 46.1 Å². The molecule has 0 radical (unpaired) electrons. The van der Waals surface area contributed by atoms with E-state index in [1.807, 2.05) is 18.2 Å². The lowest BCUT2D eigenvalue weighted by Gasteiger charge is -2.41. The second kappa shape index (κ2) is 7.06. The van der Waals surface area contributed by atoms with E-state index in [4.69, 9.17) is 11.6 Å². The number of likely N-dealkylation sites (N-methyl/N-ethyl adjacent to an activating group) is 1. The van der Waals surface area contributed by atoms with Gasteiger partial charge in [0.25, 0.3) is 0 Å². The Balaban J connectivity index is 3.26. The van der Waals surface area contributed by atoms with Gasteiger partial charge in [0.05, 0.1) is 10.6 Å². The van der Waals surface area contributed by atoms with E-state index in [0.717, 1.165) is 25.9 Å². The summed E-state index contributed by atoms with van der Waals surface area (Å²) in [5, 5.41) is 0.547. The molecule has 0 bridgehead atoms. The highest BCUT2D eigenvalue weighted by Gasteiger charge is 2.40. The predicted molar refractivity (Wildman–Crippen MR) is 82.0 cm³/mol. The molecule has 1 aromatic rings. The molecule has 19 heavy (non-hydrogen) atoms. The molecule has 1 rings (SSSR count). The van der Waals surface area contributed by atoms with Gasteiger partial charge in [0, 0.05) is 5.56 Å². The van der Waals surface area contributed by atoms with Gasteiger partial charge in [-0.15, -0.1) is 0 Å². The van der Waals surface area contributed by atoms with Crippen molar-refractivity contribution < 1.29 is 4.79 Å². The Hall–Kier alpha value is -0.860. The van der Waals surface area contributed by atoms with E-state index in [2.05, 4.69) is 32.6 Å². The summed E-state index contributed by atoms with van der Waals surface area (Å²) in [5.41, 5.74) is 0.203. The molecule has 2 nitrogen and oxygen atoms in total. The molecule has 0 aliphatic rings. The van der Waals surface area contributed by atoms with Gasteiger partial charge in [-0.3, -0.25) is 9.69 Å². The lowest BCUT2D eigenvalue weighted by atomic mass is 9.82. The van der Waals surface area contributed by atoms with Crippen LogP contribution in [0.5, 0.6) is 0 Å². The molecule has 0 unspecified atom stereocenters. The zero-order chi connectivity index (χ0) is 14.5. The van der Waals surface area contributed by atoms with Crippen molar-refractivity contribution in [2.24, 2.45) is 0 Å². The summed E-state index contributed by atoms with van der Waals surface area (Å²) in [5.74, 6) is 0.145. The number of rotatable bonds is 7. The van der Waals surface area contributed by atoms with Crippen molar-refractivity contribution in [3.05, 3.63) is 34.9 Å². The van der Waals surface area contributed by atoms with Crippen LogP contribution in [0.15, 0.2) is 24.3 Å². The number of hydrogen-bond acceptors (Lipinski definition) is 2. The second-order valence-electron chi connectivity index (χ2n) is 4.72. The summed E-state index contributed by atoms with van der Waals surface area (Å²) in [6, 6.07) is 7.34. The van der Waals surface area contributed by atoms with Crippen molar-refractivity contribution in [1.82, 2.24) is 4.90 Å². The molecule has 0 atom stereocenters. The second-order valence-corrected chi connectivity index (χ2v) is 5.13. The van der Waals surface area contributed by atoms with Crippen LogP contribution in [0.1, 0.15) is 50.9 Å². The van der Waals surface area contributed by atoms with Crippen molar-refractivity contribution in [3.63, 3.8) is 0 Å². The molecule has 0 aromatic heterocycles. The molecular weight excluding hydrogens is 258 g/mol. The summed E-state index contributed by atoms with van der Waals surface area (Å²) >= 11 is 6.19. The van der Waals surface area contributed by atoms with Crippen molar-refractivity contribution >= 4 is 17.4 Å². The maximum absolute atomic E-state index is 13.0. The van der Waals surface area contributed by atoms with E-state index < -0.39 is 5.54 Å². The van der Waals surface area contributed by atoms with Gasteiger partial charge in [-0.25, -0.2) is 0 Å². The van der Waals surface area contributed by atoms with Gasteiger partial charge in [-0.1, -0.05) is 51.4 Å². The van der Waals surface area contributed by atoms with Crippen LogP contribution in [0.4, 0.5) is 0 Å². The highest BCUT2D eigenvalue weighted by molar-refractivity contribution is 6.34. The van der Waals surface area contributed by atoms with Crippen molar-refractivity contribution in [1.29, 1.82) is 0 Å². The van der Waals surface area contributed by atoms with E-state index in [-0.39, 0.29) is 5.78 Å². The van der Waals surface area contributed by atoms with Gasteiger partial charge in [0.1, 0.15) is 0 Å². The van der Waals surface area contributed by atoms with Crippen molar-refractivity contribution in [2.75, 3.05) is 13.1 Å². The minimum atomic E-state index is -0.436. The smallest absolute Gasteiger partial charge is 0.184 e. The molecular formula is C16H24ClNO. The Kier molecular flexibility index (Phi) is 6.02. The average Bonchev–Trinajstić information content (AvgIpc) is 2.44.